The van der Waals surface area contributed by atoms with Crippen LogP contribution in [0.5, 0.6) is 0 Å². The average molecular weight is 388 g/mol. The molecule has 5 heteroatoms. The molecule has 0 radical (unpaired) electrons. The molecule has 0 bridgehead atoms. The number of aryl methyl sites for hydroxylation is 1. The van der Waals surface area contributed by atoms with Gasteiger partial charge in [-0.15, -0.1) is 0 Å². The maximum Gasteiger partial charge on any atom is 0.343 e. The van der Waals surface area contributed by atoms with Crippen LogP contribution in [0.1, 0.15) is 51.1 Å². The van der Waals surface area contributed by atoms with Crippen molar-refractivity contribution >= 4 is 5.97 Å². The van der Waals surface area contributed by atoms with E-state index in [1.54, 1.807) is 4.57 Å². The van der Waals surface area contributed by atoms with Crippen LogP contribution in [-0.2, 0) is 17.7 Å². The molecule has 29 heavy (non-hydrogen) atoms. The quantitative estimate of drug-likeness (QED) is 0.636. The highest BCUT2D eigenvalue weighted by molar-refractivity contribution is 5.92. The number of methoxy groups -OCH3 is 1. The molecule has 2 aromatic heterocycles. The number of benzene rings is 1. The van der Waals surface area contributed by atoms with E-state index in [4.69, 9.17) is 9.72 Å². The summed E-state index contributed by atoms with van der Waals surface area (Å²) in [7, 11) is 1.31. The van der Waals surface area contributed by atoms with Crippen LogP contribution in [0.25, 0.3) is 11.4 Å². The number of nitrogens with zero attached hydrogens (tertiary/aromatic N) is 2. The Kier molecular flexibility index (Phi) is 4.82. The molecule has 0 spiro atoms. The van der Waals surface area contributed by atoms with Crippen molar-refractivity contribution in [1.29, 1.82) is 0 Å². The summed E-state index contributed by atoms with van der Waals surface area (Å²) in [5, 5.41) is 0. The number of fused-ring (bicyclic) bond motifs is 3. The van der Waals surface area contributed by atoms with E-state index < -0.39 is 5.97 Å². The summed E-state index contributed by atoms with van der Waals surface area (Å²) in [4.78, 5) is 30.8. The number of aromatic nitrogens is 2. The Labute approximate surface area is 170 Å². The summed E-state index contributed by atoms with van der Waals surface area (Å²) >= 11 is 0. The summed E-state index contributed by atoms with van der Waals surface area (Å²) in [6.07, 6.45) is 0.820. The van der Waals surface area contributed by atoms with Gasteiger partial charge in [0, 0.05) is 5.69 Å². The van der Waals surface area contributed by atoms with Gasteiger partial charge in [0.2, 0.25) is 0 Å². The van der Waals surface area contributed by atoms with Gasteiger partial charge in [-0.05, 0) is 54.5 Å². The lowest BCUT2D eigenvalue weighted by molar-refractivity contribution is 0.0597. The largest absolute Gasteiger partial charge is 0.465 e. The second-order valence-corrected chi connectivity index (χ2v) is 7.70. The first-order valence-corrected chi connectivity index (χ1v) is 9.78. The molecule has 0 saturated carbocycles. The van der Waals surface area contributed by atoms with Crippen molar-refractivity contribution in [2.75, 3.05) is 7.11 Å². The third-order valence-corrected chi connectivity index (χ3v) is 5.70. The van der Waals surface area contributed by atoms with Crippen molar-refractivity contribution in [3.8, 4) is 11.4 Å². The first-order chi connectivity index (χ1) is 13.9. The van der Waals surface area contributed by atoms with Crippen molar-refractivity contribution in [1.82, 2.24) is 9.55 Å². The van der Waals surface area contributed by atoms with E-state index in [9.17, 15) is 9.59 Å². The van der Waals surface area contributed by atoms with Gasteiger partial charge in [0.1, 0.15) is 5.56 Å². The number of hydrogen-bond acceptors (Lipinski definition) is 4. The van der Waals surface area contributed by atoms with E-state index in [2.05, 4.69) is 13.0 Å². The summed E-state index contributed by atoms with van der Waals surface area (Å²) in [6, 6.07) is 13.9. The third kappa shape index (κ3) is 3.16. The van der Waals surface area contributed by atoms with Crippen LogP contribution in [0.4, 0.5) is 0 Å². The van der Waals surface area contributed by atoms with Crippen LogP contribution in [0.15, 0.2) is 47.3 Å². The molecule has 1 aliphatic carbocycles. The van der Waals surface area contributed by atoms with Gasteiger partial charge in [0.25, 0.3) is 5.56 Å². The van der Waals surface area contributed by atoms with Gasteiger partial charge >= 0.3 is 5.97 Å². The lowest BCUT2D eigenvalue weighted by Crippen LogP contribution is -2.33. The number of rotatable bonds is 3. The number of pyridine rings is 2. The number of hydrogen-bond donors (Lipinski definition) is 0. The first-order valence-electron chi connectivity index (χ1n) is 9.78. The number of carbonyl (C=O) groups excluding carboxylic acids is 1. The molecule has 5 nitrogen and oxygen atoms in total. The molecular formula is C24H24N2O3. The van der Waals surface area contributed by atoms with Gasteiger partial charge in [-0.1, -0.05) is 43.3 Å². The molecule has 0 amide bonds. The highest BCUT2D eigenvalue weighted by Crippen LogP contribution is 2.40. The third-order valence-electron chi connectivity index (χ3n) is 5.70. The molecule has 0 fully saturated rings. The Morgan fingerprint density at radius 2 is 1.90 bits per heavy atom. The summed E-state index contributed by atoms with van der Waals surface area (Å²) < 4.78 is 6.65. The fourth-order valence-electron chi connectivity index (χ4n) is 4.36. The Morgan fingerprint density at radius 1 is 1.17 bits per heavy atom. The predicted octanol–water partition coefficient (Wildman–Crippen LogP) is 4.02. The van der Waals surface area contributed by atoms with Crippen molar-refractivity contribution in [2.45, 2.75) is 39.7 Å². The van der Waals surface area contributed by atoms with Crippen LogP contribution < -0.4 is 5.56 Å². The maximum absolute atomic E-state index is 13.5. The summed E-state index contributed by atoms with van der Waals surface area (Å²) in [5.41, 5.74) is 6.16. The van der Waals surface area contributed by atoms with Gasteiger partial charge in [-0.2, -0.15) is 0 Å². The zero-order valence-corrected chi connectivity index (χ0v) is 17.2. The Balaban J connectivity index is 2.09. The van der Waals surface area contributed by atoms with Gasteiger partial charge in [0.15, 0.2) is 0 Å². The second kappa shape index (κ2) is 7.32. The van der Waals surface area contributed by atoms with E-state index in [0.717, 1.165) is 40.2 Å². The maximum atomic E-state index is 13.5. The smallest absolute Gasteiger partial charge is 0.343 e. The molecular weight excluding hydrogens is 364 g/mol. The topological polar surface area (TPSA) is 61.2 Å². The van der Waals surface area contributed by atoms with Crippen LogP contribution in [0.2, 0.25) is 0 Å². The molecule has 0 N–H and O–H groups in total. The summed E-state index contributed by atoms with van der Waals surface area (Å²) in [6.45, 7) is 6.30. The Morgan fingerprint density at radius 3 is 2.59 bits per heavy atom. The molecule has 1 unspecified atom stereocenters. The Bertz CT molecular complexity index is 1160. The minimum Gasteiger partial charge on any atom is -0.465 e. The zero-order chi connectivity index (χ0) is 20.7. The summed E-state index contributed by atoms with van der Waals surface area (Å²) in [5.74, 6) is -0.430. The molecule has 0 aliphatic heterocycles. The molecule has 1 atom stereocenters. The molecule has 4 rings (SSSR count). The lowest BCUT2D eigenvalue weighted by atomic mass is 9.81. The number of ether oxygens (including phenoxy) is 1. The van der Waals surface area contributed by atoms with Crippen molar-refractivity contribution < 1.29 is 9.53 Å². The van der Waals surface area contributed by atoms with Crippen LogP contribution in [-0.4, -0.2) is 22.6 Å². The van der Waals surface area contributed by atoms with Crippen LogP contribution in [0, 0.1) is 13.8 Å². The predicted molar refractivity (Wildman–Crippen MR) is 112 cm³/mol. The SMILES string of the molecule is COC(=O)c1c(C)c2c(n(Cc3ccccc3)c1=O)-c1nc(C)ccc1CC2C. The molecule has 1 aromatic carbocycles. The highest BCUT2D eigenvalue weighted by Gasteiger charge is 2.32. The van der Waals surface area contributed by atoms with Crippen LogP contribution >= 0.6 is 0 Å². The highest BCUT2D eigenvalue weighted by atomic mass is 16.5. The van der Waals surface area contributed by atoms with Crippen molar-refractivity contribution in [3.05, 3.63) is 86.3 Å². The fourth-order valence-corrected chi connectivity index (χ4v) is 4.36. The normalized spacial score (nSPS) is 14.8. The van der Waals surface area contributed by atoms with E-state index in [0.29, 0.717) is 12.1 Å². The van der Waals surface area contributed by atoms with Crippen molar-refractivity contribution in [2.24, 2.45) is 0 Å². The molecule has 0 saturated heterocycles. The van der Waals surface area contributed by atoms with Gasteiger partial charge in [-0.3, -0.25) is 9.78 Å². The van der Waals surface area contributed by atoms with E-state index in [1.165, 1.54) is 7.11 Å². The van der Waals surface area contributed by atoms with Gasteiger partial charge < -0.3 is 9.30 Å². The Hall–Kier alpha value is -3.21. The van der Waals surface area contributed by atoms with Gasteiger partial charge in [-0.25, -0.2) is 4.79 Å². The minimum atomic E-state index is -0.590. The van der Waals surface area contributed by atoms with E-state index in [1.807, 2.05) is 50.2 Å². The lowest BCUT2D eigenvalue weighted by Gasteiger charge is -2.30. The van der Waals surface area contributed by atoms with Crippen molar-refractivity contribution in [3.63, 3.8) is 0 Å². The van der Waals surface area contributed by atoms with E-state index >= 15 is 0 Å². The van der Waals surface area contributed by atoms with Crippen LogP contribution in [0.3, 0.4) is 0 Å². The van der Waals surface area contributed by atoms with Gasteiger partial charge in [0.05, 0.1) is 25.0 Å². The van der Waals surface area contributed by atoms with E-state index in [-0.39, 0.29) is 17.0 Å². The molecule has 1 aliphatic rings. The standard InChI is InChI=1S/C24H24N2O3/c1-14-12-18-11-10-15(2)25-21(18)22-19(14)16(3)20(24(28)29-4)23(27)26(22)13-17-8-6-5-7-9-17/h5-11,14H,12-13H2,1-4H3. The minimum absolute atomic E-state index is 0.116. The fraction of sp³-hybridized carbons (Fsp3) is 0.292. The molecule has 2 heterocycles. The molecule has 148 valence electrons. The number of esters is 1. The monoisotopic (exact) mass is 388 g/mol. The molecule has 3 aromatic rings. The zero-order valence-electron chi connectivity index (χ0n) is 17.2. The average Bonchev–Trinajstić information content (AvgIpc) is 2.71. The second-order valence-electron chi connectivity index (χ2n) is 7.70. The first kappa shape index (κ1) is 19.1. The number of carbonyl (C=O) groups is 1.